The molecule has 1 aliphatic rings. The predicted molar refractivity (Wildman–Crippen MR) is 89.3 cm³/mol. The average molecular weight is 308 g/mol. The number of nitrogens with one attached hydrogen (secondary N) is 1. The molecule has 3 aromatic rings. The summed E-state index contributed by atoms with van der Waals surface area (Å²) < 4.78 is 1.94. The van der Waals surface area contributed by atoms with E-state index >= 15 is 0 Å². The largest absolute Gasteiger partial charge is 0.351 e. The summed E-state index contributed by atoms with van der Waals surface area (Å²) in [5, 5.41) is 5.43. The average Bonchev–Trinajstić information content (AvgIpc) is 3.26. The van der Waals surface area contributed by atoms with Gasteiger partial charge in [-0.3, -0.25) is 9.48 Å². The monoisotopic (exact) mass is 308 g/mol. The molecule has 1 amide bonds. The number of aryl methyl sites for hydroxylation is 1. The SMILES string of the molecule is Cc1cnn(C[C@@H]2CCCN2C(=O)c2cc3ccccc3[nH]2)c1. The molecule has 118 valence electrons. The molecule has 4 rings (SSSR count). The Bertz CT molecular complexity index is 814. The lowest BCUT2D eigenvalue weighted by Crippen LogP contribution is -2.38. The number of amides is 1. The van der Waals surface area contributed by atoms with Crippen molar-refractivity contribution in [3.05, 3.63) is 54.0 Å². The Morgan fingerprint density at radius 2 is 2.26 bits per heavy atom. The minimum Gasteiger partial charge on any atom is -0.351 e. The molecule has 2 aromatic heterocycles. The molecule has 5 nitrogen and oxygen atoms in total. The van der Waals surface area contributed by atoms with Gasteiger partial charge in [-0.2, -0.15) is 5.10 Å². The topological polar surface area (TPSA) is 53.9 Å². The van der Waals surface area contributed by atoms with Crippen molar-refractivity contribution in [1.29, 1.82) is 0 Å². The maximum atomic E-state index is 12.9. The number of fused-ring (bicyclic) bond motifs is 1. The van der Waals surface area contributed by atoms with E-state index in [-0.39, 0.29) is 11.9 Å². The van der Waals surface area contributed by atoms with Crippen LogP contribution in [0.1, 0.15) is 28.9 Å². The van der Waals surface area contributed by atoms with E-state index in [0.717, 1.165) is 42.4 Å². The van der Waals surface area contributed by atoms with E-state index in [2.05, 4.69) is 10.1 Å². The van der Waals surface area contributed by atoms with Crippen LogP contribution in [-0.2, 0) is 6.54 Å². The molecule has 1 N–H and O–H groups in total. The number of hydrogen-bond acceptors (Lipinski definition) is 2. The molecular formula is C18H20N4O. The fraction of sp³-hybridized carbons (Fsp3) is 0.333. The zero-order valence-electron chi connectivity index (χ0n) is 13.2. The Hall–Kier alpha value is -2.56. The summed E-state index contributed by atoms with van der Waals surface area (Å²) in [6, 6.07) is 10.2. The van der Waals surface area contributed by atoms with Crippen molar-refractivity contribution >= 4 is 16.8 Å². The minimum atomic E-state index is 0.0904. The van der Waals surface area contributed by atoms with Crippen LogP contribution in [0.25, 0.3) is 10.9 Å². The highest BCUT2D eigenvalue weighted by atomic mass is 16.2. The molecule has 1 aliphatic heterocycles. The Morgan fingerprint density at radius 1 is 1.39 bits per heavy atom. The quantitative estimate of drug-likeness (QED) is 0.808. The Labute approximate surface area is 134 Å². The molecule has 0 bridgehead atoms. The second-order valence-corrected chi connectivity index (χ2v) is 6.30. The standard InChI is InChI=1S/C18H20N4O/c1-13-10-19-21(11-13)12-15-6-4-8-22(15)18(23)17-9-14-5-2-3-7-16(14)20-17/h2-3,5,7,9-11,15,20H,4,6,8,12H2,1H3/t15-/m0/s1. The molecule has 23 heavy (non-hydrogen) atoms. The zero-order valence-corrected chi connectivity index (χ0v) is 13.2. The number of carbonyl (C=O) groups excluding carboxylic acids is 1. The first-order valence-corrected chi connectivity index (χ1v) is 8.08. The maximum absolute atomic E-state index is 12.9. The van der Waals surface area contributed by atoms with Gasteiger partial charge in [0.2, 0.25) is 0 Å². The Morgan fingerprint density at radius 3 is 3.04 bits per heavy atom. The van der Waals surface area contributed by atoms with Crippen LogP contribution in [-0.4, -0.2) is 38.2 Å². The first-order valence-electron chi connectivity index (χ1n) is 8.08. The number of aromatic nitrogens is 3. The zero-order chi connectivity index (χ0) is 15.8. The van der Waals surface area contributed by atoms with Gasteiger partial charge in [0, 0.05) is 23.6 Å². The number of hydrogen-bond donors (Lipinski definition) is 1. The van der Waals surface area contributed by atoms with Crippen LogP contribution in [0.3, 0.4) is 0 Å². The first-order chi connectivity index (χ1) is 11.2. The summed E-state index contributed by atoms with van der Waals surface area (Å²) in [4.78, 5) is 18.1. The van der Waals surface area contributed by atoms with Crippen molar-refractivity contribution in [1.82, 2.24) is 19.7 Å². The fourth-order valence-electron chi connectivity index (χ4n) is 3.42. The molecule has 0 spiro atoms. The third-order valence-corrected chi connectivity index (χ3v) is 4.56. The number of H-pyrrole nitrogens is 1. The van der Waals surface area contributed by atoms with Gasteiger partial charge in [0.05, 0.1) is 18.8 Å². The molecule has 1 fully saturated rings. The van der Waals surface area contributed by atoms with Crippen molar-refractivity contribution in [3.8, 4) is 0 Å². The number of benzene rings is 1. The van der Waals surface area contributed by atoms with Crippen molar-refractivity contribution in [2.45, 2.75) is 32.4 Å². The summed E-state index contributed by atoms with van der Waals surface area (Å²) in [6.45, 7) is 3.62. The Balaban J connectivity index is 1.56. The molecule has 5 heteroatoms. The summed E-state index contributed by atoms with van der Waals surface area (Å²) in [7, 11) is 0. The van der Waals surface area contributed by atoms with E-state index in [4.69, 9.17) is 0 Å². The smallest absolute Gasteiger partial charge is 0.270 e. The number of likely N-dealkylation sites (tertiary alicyclic amines) is 1. The second kappa shape index (κ2) is 5.57. The van der Waals surface area contributed by atoms with Gasteiger partial charge in [-0.15, -0.1) is 0 Å². The summed E-state index contributed by atoms with van der Waals surface area (Å²) in [6.07, 6.45) is 5.98. The van der Waals surface area contributed by atoms with Crippen molar-refractivity contribution in [3.63, 3.8) is 0 Å². The lowest BCUT2D eigenvalue weighted by molar-refractivity contribution is 0.0716. The lowest BCUT2D eigenvalue weighted by Gasteiger charge is -2.24. The molecule has 1 aromatic carbocycles. The highest BCUT2D eigenvalue weighted by molar-refractivity contribution is 5.98. The van der Waals surface area contributed by atoms with Crippen LogP contribution in [0, 0.1) is 6.92 Å². The number of para-hydroxylation sites is 1. The highest BCUT2D eigenvalue weighted by Gasteiger charge is 2.30. The van der Waals surface area contributed by atoms with E-state index in [9.17, 15) is 4.79 Å². The third-order valence-electron chi connectivity index (χ3n) is 4.56. The van der Waals surface area contributed by atoms with E-state index in [1.54, 1.807) is 0 Å². The molecule has 1 saturated heterocycles. The van der Waals surface area contributed by atoms with Gasteiger partial charge in [-0.1, -0.05) is 18.2 Å². The predicted octanol–water partition coefficient (Wildman–Crippen LogP) is 2.98. The van der Waals surface area contributed by atoms with Gasteiger partial charge >= 0.3 is 0 Å². The van der Waals surface area contributed by atoms with Crippen LogP contribution in [0.15, 0.2) is 42.7 Å². The molecule has 1 atom stereocenters. The molecule has 0 aliphatic carbocycles. The normalized spacial score (nSPS) is 18.0. The maximum Gasteiger partial charge on any atom is 0.270 e. The van der Waals surface area contributed by atoms with Gasteiger partial charge in [0.25, 0.3) is 5.91 Å². The second-order valence-electron chi connectivity index (χ2n) is 6.30. The van der Waals surface area contributed by atoms with Crippen LogP contribution in [0.2, 0.25) is 0 Å². The fourth-order valence-corrected chi connectivity index (χ4v) is 3.42. The van der Waals surface area contributed by atoms with Crippen LogP contribution in [0.4, 0.5) is 0 Å². The highest BCUT2D eigenvalue weighted by Crippen LogP contribution is 2.23. The summed E-state index contributed by atoms with van der Waals surface area (Å²) >= 11 is 0. The molecular weight excluding hydrogens is 288 g/mol. The number of rotatable bonds is 3. The van der Waals surface area contributed by atoms with Crippen molar-refractivity contribution < 1.29 is 4.79 Å². The number of aromatic amines is 1. The van der Waals surface area contributed by atoms with Crippen LogP contribution < -0.4 is 0 Å². The van der Waals surface area contributed by atoms with E-state index in [1.807, 2.05) is 59.2 Å². The van der Waals surface area contributed by atoms with E-state index in [1.165, 1.54) is 0 Å². The molecule has 0 radical (unpaired) electrons. The van der Waals surface area contributed by atoms with Gasteiger partial charge in [0.15, 0.2) is 0 Å². The number of carbonyl (C=O) groups is 1. The first kappa shape index (κ1) is 14.1. The lowest BCUT2D eigenvalue weighted by atomic mass is 10.2. The molecule has 3 heterocycles. The Kier molecular flexibility index (Phi) is 3.41. The van der Waals surface area contributed by atoms with Crippen LogP contribution in [0.5, 0.6) is 0 Å². The summed E-state index contributed by atoms with van der Waals surface area (Å²) in [5.74, 6) is 0.0904. The van der Waals surface area contributed by atoms with Crippen LogP contribution >= 0.6 is 0 Å². The van der Waals surface area contributed by atoms with Gasteiger partial charge in [-0.25, -0.2) is 0 Å². The van der Waals surface area contributed by atoms with Crippen molar-refractivity contribution in [2.75, 3.05) is 6.54 Å². The van der Waals surface area contributed by atoms with Gasteiger partial charge in [0.1, 0.15) is 5.69 Å². The van der Waals surface area contributed by atoms with Gasteiger partial charge in [-0.05, 0) is 37.5 Å². The minimum absolute atomic E-state index is 0.0904. The van der Waals surface area contributed by atoms with Gasteiger partial charge < -0.3 is 9.88 Å². The molecule has 0 saturated carbocycles. The van der Waals surface area contributed by atoms with Crippen molar-refractivity contribution in [2.24, 2.45) is 0 Å². The molecule has 0 unspecified atom stereocenters. The number of nitrogens with zero attached hydrogens (tertiary/aromatic N) is 3. The summed E-state index contributed by atoms with van der Waals surface area (Å²) in [5.41, 5.74) is 2.83. The third kappa shape index (κ3) is 2.63. The van der Waals surface area contributed by atoms with E-state index < -0.39 is 0 Å². The van der Waals surface area contributed by atoms with E-state index in [0.29, 0.717) is 5.69 Å².